The summed E-state index contributed by atoms with van der Waals surface area (Å²) in [6.45, 7) is 8.54. The molecule has 9 nitrogen and oxygen atoms in total. The molecule has 2 atom stereocenters. The molecule has 2 aliphatic rings. The first-order valence-corrected chi connectivity index (χ1v) is 14.3. The molecule has 1 saturated heterocycles. The van der Waals surface area contributed by atoms with Crippen LogP contribution in [0.1, 0.15) is 61.1 Å². The quantitative estimate of drug-likeness (QED) is 0.343. The van der Waals surface area contributed by atoms with E-state index in [1.54, 1.807) is 12.1 Å². The Bertz CT molecular complexity index is 1320. The molecule has 208 valence electrons. The smallest absolute Gasteiger partial charge is 0.326 e. The van der Waals surface area contributed by atoms with Gasteiger partial charge in [-0.05, 0) is 80.7 Å². The number of aromatic nitrogens is 3. The minimum Gasteiger partial charge on any atom is -0.480 e. The molecule has 3 aromatic rings. The van der Waals surface area contributed by atoms with Gasteiger partial charge >= 0.3 is 5.97 Å². The van der Waals surface area contributed by atoms with Crippen molar-refractivity contribution in [2.24, 2.45) is 11.8 Å². The Balaban J connectivity index is 1.12. The van der Waals surface area contributed by atoms with Gasteiger partial charge in [0.15, 0.2) is 0 Å². The summed E-state index contributed by atoms with van der Waals surface area (Å²) in [5, 5.41) is 21.3. The van der Waals surface area contributed by atoms with Gasteiger partial charge in [-0.15, -0.1) is 0 Å². The summed E-state index contributed by atoms with van der Waals surface area (Å²) in [5.74, 6) is 0.677. The summed E-state index contributed by atoms with van der Waals surface area (Å²) in [6, 6.07) is 8.83. The van der Waals surface area contributed by atoms with Gasteiger partial charge in [-0.25, -0.2) is 9.78 Å². The fourth-order valence-corrected chi connectivity index (χ4v) is 5.77. The highest BCUT2D eigenvalue weighted by Gasteiger charge is 2.27. The maximum absolute atomic E-state index is 13.1. The second kappa shape index (κ2) is 12.2. The van der Waals surface area contributed by atoms with Crippen LogP contribution in [0.3, 0.4) is 0 Å². The number of pyridine rings is 1. The summed E-state index contributed by atoms with van der Waals surface area (Å²) in [7, 11) is 0. The lowest BCUT2D eigenvalue weighted by atomic mass is 10.00. The van der Waals surface area contributed by atoms with Gasteiger partial charge in [-0.1, -0.05) is 26.0 Å². The van der Waals surface area contributed by atoms with Crippen LogP contribution in [0.4, 0.5) is 5.82 Å². The third kappa shape index (κ3) is 6.76. The van der Waals surface area contributed by atoms with Crippen molar-refractivity contribution in [3.8, 4) is 0 Å². The number of carbonyl (C=O) groups excluding carboxylic acids is 1. The summed E-state index contributed by atoms with van der Waals surface area (Å²) in [5.41, 5.74) is 3.65. The SMILES string of the molecule is CC(C)Cn1cc2c(C(=O)N[C@@H](CCN3CC[C@@H](CCc4ccc5c(n4)NCCC5)C3)C(=O)O)cccc2n1. The van der Waals surface area contributed by atoms with Crippen molar-refractivity contribution in [3.63, 3.8) is 0 Å². The van der Waals surface area contributed by atoms with Crippen LogP contribution in [-0.4, -0.2) is 68.9 Å². The van der Waals surface area contributed by atoms with Crippen LogP contribution in [0.5, 0.6) is 0 Å². The Morgan fingerprint density at radius 2 is 2.10 bits per heavy atom. The zero-order valence-electron chi connectivity index (χ0n) is 23.0. The van der Waals surface area contributed by atoms with E-state index in [9.17, 15) is 14.7 Å². The zero-order chi connectivity index (χ0) is 27.4. The third-order valence-corrected chi connectivity index (χ3v) is 7.86. The molecule has 1 aromatic carbocycles. The van der Waals surface area contributed by atoms with Crippen molar-refractivity contribution in [1.82, 2.24) is 25.0 Å². The number of nitrogens with one attached hydrogen (secondary N) is 2. The third-order valence-electron chi connectivity index (χ3n) is 7.86. The van der Waals surface area contributed by atoms with Crippen LogP contribution in [-0.2, 0) is 24.2 Å². The van der Waals surface area contributed by atoms with Gasteiger partial charge in [-0.2, -0.15) is 5.10 Å². The lowest BCUT2D eigenvalue weighted by Crippen LogP contribution is -2.43. The molecule has 0 unspecified atom stereocenters. The second-order valence-electron chi connectivity index (χ2n) is 11.5. The molecule has 4 heterocycles. The Labute approximate surface area is 230 Å². The monoisotopic (exact) mass is 532 g/mol. The number of aryl methyl sites for hydroxylation is 2. The van der Waals surface area contributed by atoms with Gasteiger partial charge in [0.1, 0.15) is 11.9 Å². The average molecular weight is 533 g/mol. The standard InChI is InChI=1S/C30H40N6O3/c1-20(2)17-36-19-25-24(6-3-7-26(25)34-36)29(37)33-27(30(38)39)13-16-35-15-12-21(18-35)8-10-23-11-9-22-5-4-14-31-28(22)32-23/h3,6-7,9,11,19-21,27H,4-5,8,10,12-18H2,1-2H3,(H,31,32)(H,33,37)(H,38,39)/t21-,27+/m1/s1. The van der Waals surface area contributed by atoms with Crippen molar-refractivity contribution in [3.05, 3.63) is 53.3 Å². The number of hydrogen-bond donors (Lipinski definition) is 3. The second-order valence-corrected chi connectivity index (χ2v) is 11.5. The maximum atomic E-state index is 13.1. The highest BCUT2D eigenvalue weighted by Crippen LogP contribution is 2.24. The maximum Gasteiger partial charge on any atom is 0.326 e. The van der Waals surface area contributed by atoms with E-state index in [4.69, 9.17) is 4.98 Å². The molecule has 0 saturated carbocycles. The topological polar surface area (TPSA) is 112 Å². The molecular formula is C30H40N6O3. The first kappa shape index (κ1) is 27.1. The van der Waals surface area contributed by atoms with Crippen LogP contribution in [0.15, 0.2) is 36.5 Å². The van der Waals surface area contributed by atoms with Gasteiger partial charge < -0.3 is 20.6 Å². The number of anilines is 1. The number of amides is 1. The number of likely N-dealkylation sites (tertiary alicyclic amines) is 1. The van der Waals surface area contributed by atoms with E-state index in [1.807, 2.05) is 16.9 Å². The molecule has 0 spiro atoms. The Hall–Kier alpha value is -3.46. The molecule has 2 aliphatic heterocycles. The fourth-order valence-electron chi connectivity index (χ4n) is 5.77. The number of carboxylic acids is 1. The summed E-state index contributed by atoms with van der Waals surface area (Å²) >= 11 is 0. The van der Waals surface area contributed by atoms with Crippen molar-refractivity contribution >= 4 is 28.6 Å². The molecule has 0 aliphatic carbocycles. The van der Waals surface area contributed by atoms with Gasteiger partial charge in [0.05, 0.1) is 11.1 Å². The highest BCUT2D eigenvalue weighted by atomic mass is 16.4. The number of benzene rings is 1. The molecule has 3 N–H and O–H groups in total. The summed E-state index contributed by atoms with van der Waals surface area (Å²) in [4.78, 5) is 32.3. The number of rotatable bonds is 11. The van der Waals surface area contributed by atoms with E-state index in [1.165, 1.54) is 12.0 Å². The zero-order valence-corrected chi connectivity index (χ0v) is 23.0. The largest absolute Gasteiger partial charge is 0.480 e. The predicted octanol–water partition coefficient (Wildman–Crippen LogP) is 3.97. The minimum atomic E-state index is -1.01. The van der Waals surface area contributed by atoms with E-state index in [0.29, 0.717) is 30.4 Å². The molecular weight excluding hydrogens is 492 g/mol. The average Bonchev–Trinajstić information content (AvgIpc) is 3.55. The van der Waals surface area contributed by atoms with Gasteiger partial charge in [0, 0.05) is 43.5 Å². The first-order chi connectivity index (χ1) is 18.9. The van der Waals surface area contributed by atoms with E-state index < -0.39 is 12.0 Å². The highest BCUT2D eigenvalue weighted by molar-refractivity contribution is 6.07. The van der Waals surface area contributed by atoms with Crippen molar-refractivity contribution in [2.75, 3.05) is 31.5 Å². The van der Waals surface area contributed by atoms with E-state index in [2.05, 4.69) is 46.6 Å². The minimum absolute atomic E-state index is 0.369. The summed E-state index contributed by atoms with van der Waals surface area (Å²) < 4.78 is 1.85. The van der Waals surface area contributed by atoms with Crippen molar-refractivity contribution in [1.29, 1.82) is 0 Å². The predicted molar refractivity (Wildman–Crippen MR) is 152 cm³/mol. The van der Waals surface area contributed by atoms with Gasteiger partial charge in [-0.3, -0.25) is 9.48 Å². The number of aliphatic carboxylic acids is 1. The lowest BCUT2D eigenvalue weighted by Gasteiger charge is -2.20. The number of hydrogen-bond acceptors (Lipinski definition) is 6. The van der Waals surface area contributed by atoms with E-state index in [-0.39, 0.29) is 5.91 Å². The molecule has 0 radical (unpaired) electrons. The number of nitrogens with zero attached hydrogens (tertiary/aromatic N) is 4. The number of carboxylic acid groups (broad SMARTS) is 1. The molecule has 39 heavy (non-hydrogen) atoms. The summed E-state index contributed by atoms with van der Waals surface area (Å²) in [6.07, 6.45) is 7.66. The molecule has 0 bridgehead atoms. The number of carbonyl (C=O) groups is 2. The Morgan fingerprint density at radius 1 is 1.23 bits per heavy atom. The lowest BCUT2D eigenvalue weighted by molar-refractivity contribution is -0.139. The van der Waals surface area contributed by atoms with E-state index in [0.717, 1.165) is 74.3 Å². The van der Waals surface area contributed by atoms with Crippen molar-refractivity contribution < 1.29 is 14.7 Å². The molecule has 2 aromatic heterocycles. The van der Waals surface area contributed by atoms with Crippen LogP contribution < -0.4 is 10.6 Å². The van der Waals surface area contributed by atoms with Gasteiger partial charge in [0.2, 0.25) is 0 Å². The van der Waals surface area contributed by atoms with Crippen LogP contribution >= 0.6 is 0 Å². The molecule has 9 heteroatoms. The molecule has 1 fully saturated rings. The normalized spacial score (nSPS) is 18.2. The number of fused-ring (bicyclic) bond motifs is 2. The van der Waals surface area contributed by atoms with Crippen LogP contribution in [0.2, 0.25) is 0 Å². The van der Waals surface area contributed by atoms with Gasteiger partial charge in [0.25, 0.3) is 5.91 Å². The Morgan fingerprint density at radius 3 is 2.92 bits per heavy atom. The van der Waals surface area contributed by atoms with Crippen molar-refractivity contribution in [2.45, 2.75) is 65.0 Å². The van der Waals surface area contributed by atoms with E-state index >= 15 is 0 Å². The van der Waals surface area contributed by atoms with Crippen LogP contribution in [0.25, 0.3) is 10.9 Å². The van der Waals surface area contributed by atoms with Crippen LogP contribution in [0, 0.1) is 11.8 Å². The first-order valence-electron chi connectivity index (χ1n) is 14.3. The molecule has 1 amide bonds. The fraction of sp³-hybridized carbons (Fsp3) is 0.533. The Kier molecular flexibility index (Phi) is 8.45. The molecule has 5 rings (SSSR count).